The van der Waals surface area contributed by atoms with Crippen molar-refractivity contribution in [3.05, 3.63) is 35.4 Å². The molecule has 6 heteroatoms. The maximum Gasteiger partial charge on any atom is 0.237 e. The molecule has 2 heterocycles. The predicted molar refractivity (Wildman–Crippen MR) is 101 cm³/mol. The molecule has 26 heavy (non-hydrogen) atoms. The molecule has 0 aliphatic carbocycles. The Balaban J connectivity index is 1.51. The third-order valence-corrected chi connectivity index (χ3v) is 5.40. The Hall–Kier alpha value is -1.92. The molecular formula is C20H30N4O2. The fraction of sp³-hybridized carbons (Fsp3) is 0.600. The van der Waals surface area contributed by atoms with Gasteiger partial charge in [0.15, 0.2) is 0 Å². The van der Waals surface area contributed by atoms with E-state index in [4.69, 9.17) is 5.73 Å². The molecule has 2 atom stereocenters. The molecule has 4 N–H and O–H groups in total. The van der Waals surface area contributed by atoms with Crippen LogP contribution < -0.4 is 16.4 Å². The second-order valence-electron chi connectivity index (χ2n) is 7.52. The summed E-state index contributed by atoms with van der Waals surface area (Å²) in [5.74, 6) is -0.132. The summed E-state index contributed by atoms with van der Waals surface area (Å²) in [4.78, 5) is 26.0. The zero-order chi connectivity index (χ0) is 18.4. The number of nitrogens with zero attached hydrogens (tertiary/aromatic N) is 1. The Morgan fingerprint density at radius 2 is 2.04 bits per heavy atom. The first kappa shape index (κ1) is 18.9. The van der Waals surface area contributed by atoms with E-state index in [1.807, 2.05) is 12.1 Å². The van der Waals surface area contributed by atoms with E-state index < -0.39 is 0 Å². The summed E-state index contributed by atoms with van der Waals surface area (Å²) in [6.07, 6.45) is 5.09. The molecule has 1 aromatic rings. The van der Waals surface area contributed by atoms with Gasteiger partial charge in [-0.15, -0.1) is 0 Å². The Labute approximate surface area is 155 Å². The molecule has 1 aromatic carbocycles. The van der Waals surface area contributed by atoms with Gasteiger partial charge in [0.25, 0.3) is 0 Å². The zero-order valence-corrected chi connectivity index (χ0v) is 15.4. The van der Waals surface area contributed by atoms with Gasteiger partial charge in [-0.05, 0) is 49.9 Å². The van der Waals surface area contributed by atoms with E-state index in [2.05, 4.69) is 27.7 Å². The smallest absolute Gasteiger partial charge is 0.237 e. The first-order valence-corrected chi connectivity index (χ1v) is 9.72. The summed E-state index contributed by atoms with van der Waals surface area (Å²) in [7, 11) is 0. The lowest BCUT2D eigenvalue weighted by Gasteiger charge is -2.31. The van der Waals surface area contributed by atoms with Crippen LogP contribution in [0.4, 0.5) is 0 Å². The largest absolute Gasteiger partial charge is 0.369 e. The summed E-state index contributed by atoms with van der Waals surface area (Å²) < 4.78 is 0. The Kier molecular flexibility index (Phi) is 6.63. The SMILES string of the molecule is NC(=O)C1CCCN(Cc2cccc(CNC(=O)[C@H]3CCCCN3)c2)C1. The van der Waals surface area contributed by atoms with Crippen LogP contribution in [0.25, 0.3) is 0 Å². The van der Waals surface area contributed by atoms with Crippen LogP contribution in [0.2, 0.25) is 0 Å². The average molecular weight is 358 g/mol. The monoisotopic (exact) mass is 358 g/mol. The number of nitrogens with two attached hydrogens (primary N) is 1. The highest BCUT2D eigenvalue weighted by atomic mass is 16.2. The van der Waals surface area contributed by atoms with Gasteiger partial charge in [0.1, 0.15) is 0 Å². The fourth-order valence-electron chi connectivity index (χ4n) is 3.92. The number of likely N-dealkylation sites (tertiary alicyclic amines) is 1. The Morgan fingerprint density at radius 3 is 2.81 bits per heavy atom. The van der Waals surface area contributed by atoms with Gasteiger partial charge in [0, 0.05) is 19.6 Å². The summed E-state index contributed by atoms with van der Waals surface area (Å²) in [6.45, 7) is 4.03. The van der Waals surface area contributed by atoms with Crippen molar-refractivity contribution < 1.29 is 9.59 Å². The maximum atomic E-state index is 12.2. The second-order valence-corrected chi connectivity index (χ2v) is 7.52. The number of amides is 2. The van der Waals surface area contributed by atoms with Crippen molar-refractivity contribution in [1.82, 2.24) is 15.5 Å². The number of carbonyl (C=O) groups excluding carboxylic acids is 2. The molecule has 2 aliphatic rings. The normalized spacial score (nSPS) is 24.2. The number of primary amides is 1. The van der Waals surface area contributed by atoms with Crippen LogP contribution >= 0.6 is 0 Å². The standard InChI is InChI=1S/C20H30N4O2/c21-19(25)17-7-4-10-24(14-17)13-16-6-3-5-15(11-16)12-23-20(26)18-8-1-2-9-22-18/h3,5-6,11,17-18,22H,1-2,4,7-10,12-14H2,(H2,21,25)(H,23,26)/t17?,18-/m1/s1. The third kappa shape index (κ3) is 5.29. The minimum absolute atomic E-state index is 0.0331. The lowest BCUT2D eigenvalue weighted by molar-refractivity contribution is -0.124. The molecule has 3 rings (SSSR count). The van der Waals surface area contributed by atoms with Crippen molar-refractivity contribution in [2.75, 3.05) is 19.6 Å². The first-order chi connectivity index (χ1) is 12.6. The molecule has 0 spiro atoms. The lowest BCUT2D eigenvalue weighted by Crippen LogP contribution is -2.46. The predicted octanol–water partition coefficient (Wildman–Crippen LogP) is 1.14. The number of hydrogen-bond donors (Lipinski definition) is 3. The summed E-state index contributed by atoms with van der Waals surface area (Å²) in [6, 6.07) is 8.27. The van der Waals surface area contributed by atoms with Gasteiger partial charge in [-0.25, -0.2) is 0 Å². The average Bonchev–Trinajstić information content (AvgIpc) is 2.67. The number of benzene rings is 1. The number of piperidine rings is 2. The highest BCUT2D eigenvalue weighted by Crippen LogP contribution is 2.19. The van der Waals surface area contributed by atoms with Crippen molar-refractivity contribution >= 4 is 11.8 Å². The Morgan fingerprint density at radius 1 is 1.19 bits per heavy atom. The quantitative estimate of drug-likeness (QED) is 0.712. The molecule has 1 unspecified atom stereocenters. The number of carbonyl (C=O) groups is 2. The van der Waals surface area contributed by atoms with E-state index >= 15 is 0 Å². The molecule has 2 amide bonds. The summed E-state index contributed by atoms with van der Waals surface area (Å²) in [5, 5.41) is 6.32. The number of rotatable bonds is 6. The molecule has 0 bridgehead atoms. The molecule has 0 aromatic heterocycles. The van der Waals surface area contributed by atoms with Crippen LogP contribution in [0.15, 0.2) is 24.3 Å². The third-order valence-electron chi connectivity index (χ3n) is 5.40. The Bertz CT molecular complexity index is 628. The van der Waals surface area contributed by atoms with E-state index in [0.717, 1.165) is 63.8 Å². The topological polar surface area (TPSA) is 87.5 Å². The van der Waals surface area contributed by atoms with Crippen LogP contribution in [0.3, 0.4) is 0 Å². The molecule has 142 valence electrons. The van der Waals surface area contributed by atoms with E-state index in [1.54, 1.807) is 0 Å². The molecule has 2 fully saturated rings. The van der Waals surface area contributed by atoms with Gasteiger partial charge in [-0.2, -0.15) is 0 Å². The van der Waals surface area contributed by atoms with Crippen molar-refractivity contribution in [2.24, 2.45) is 11.7 Å². The zero-order valence-electron chi connectivity index (χ0n) is 15.4. The van der Waals surface area contributed by atoms with E-state index in [1.165, 1.54) is 5.56 Å². The molecule has 2 saturated heterocycles. The van der Waals surface area contributed by atoms with Crippen molar-refractivity contribution in [3.63, 3.8) is 0 Å². The van der Waals surface area contributed by atoms with E-state index in [0.29, 0.717) is 6.54 Å². The van der Waals surface area contributed by atoms with Gasteiger partial charge in [0.05, 0.1) is 12.0 Å². The van der Waals surface area contributed by atoms with Crippen LogP contribution in [0.1, 0.15) is 43.2 Å². The van der Waals surface area contributed by atoms with Crippen molar-refractivity contribution in [2.45, 2.75) is 51.2 Å². The minimum atomic E-state index is -0.192. The van der Waals surface area contributed by atoms with E-state index in [9.17, 15) is 9.59 Å². The molecule has 0 saturated carbocycles. The van der Waals surface area contributed by atoms with Gasteiger partial charge >= 0.3 is 0 Å². The van der Waals surface area contributed by atoms with Gasteiger partial charge < -0.3 is 16.4 Å². The van der Waals surface area contributed by atoms with Gasteiger partial charge in [0.2, 0.25) is 11.8 Å². The molecular weight excluding hydrogens is 328 g/mol. The van der Waals surface area contributed by atoms with Crippen LogP contribution in [-0.2, 0) is 22.7 Å². The number of hydrogen-bond acceptors (Lipinski definition) is 4. The number of nitrogens with one attached hydrogen (secondary N) is 2. The van der Waals surface area contributed by atoms with E-state index in [-0.39, 0.29) is 23.8 Å². The first-order valence-electron chi connectivity index (χ1n) is 9.72. The second kappa shape index (κ2) is 9.14. The molecule has 6 nitrogen and oxygen atoms in total. The highest BCUT2D eigenvalue weighted by molar-refractivity contribution is 5.81. The van der Waals surface area contributed by atoms with Crippen molar-refractivity contribution in [1.29, 1.82) is 0 Å². The van der Waals surface area contributed by atoms with Crippen molar-refractivity contribution in [3.8, 4) is 0 Å². The molecule has 0 radical (unpaired) electrons. The lowest BCUT2D eigenvalue weighted by atomic mass is 9.97. The van der Waals surface area contributed by atoms with Crippen LogP contribution in [0, 0.1) is 5.92 Å². The van der Waals surface area contributed by atoms with Crippen LogP contribution in [-0.4, -0.2) is 42.4 Å². The van der Waals surface area contributed by atoms with Crippen LogP contribution in [0.5, 0.6) is 0 Å². The molecule has 2 aliphatic heterocycles. The minimum Gasteiger partial charge on any atom is -0.369 e. The van der Waals surface area contributed by atoms with Gasteiger partial charge in [-0.3, -0.25) is 14.5 Å². The fourth-order valence-corrected chi connectivity index (χ4v) is 3.92. The maximum absolute atomic E-state index is 12.2. The summed E-state index contributed by atoms with van der Waals surface area (Å²) in [5.41, 5.74) is 7.78. The highest BCUT2D eigenvalue weighted by Gasteiger charge is 2.24. The van der Waals surface area contributed by atoms with Gasteiger partial charge in [-0.1, -0.05) is 30.7 Å². The summed E-state index contributed by atoms with van der Waals surface area (Å²) >= 11 is 0.